The molecule has 0 aliphatic carbocycles. The van der Waals surface area contributed by atoms with Crippen LogP contribution in [0.5, 0.6) is 5.75 Å². The Morgan fingerprint density at radius 3 is 2.67 bits per heavy atom. The SMILES string of the molecule is COc1ccccc1Cc1cnc(C2CCNCC2)cn1. The molecule has 1 N–H and O–H groups in total. The molecule has 0 saturated carbocycles. The van der Waals surface area contributed by atoms with E-state index in [2.05, 4.69) is 21.4 Å². The van der Waals surface area contributed by atoms with E-state index in [0.717, 1.165) is 55.1 Å². The lowest BCUT2D eigenvalue weighted by atomic mass is 9.95. The summed E-state index contributed by atoms with van der Waals surface area (Å²) in [5.74, 6) is 1.46. The third-order valence-electron chi connectivity index (χ3n) is 4.05. The van der Waals surface area contributed by atoms with E-state index in [1.165, 1.54) is 0 Å². The highest BCUT2D eigenvalue weighted by molar-refractivity contribution is 5.35. The van der Waals surface area contributed by atoms with E-state index in [9.17, 15) is 0 Å². The molecule has 1 fully saturated rings. The summed E-state index contributed by atoms with van der Waals surface area (Å²) in [7, 11) is 1.70. The zero-order valence-electron chi connectivity index (χ0n) is 12.4. The van der Waals surface area contributed by atoms with Crippen LogP contribution in [-0.4, -0.2) is 30.2 Å². The van der Waals surface area contributed by atoms with Gasteiger partial charge in [-0.15, -0.1) is 0 Å². The van der Waals surface area contributed by atoms with Crippen molar-refractivity contribution in [2.24, 2.45) is 0 Å². The van der Waals surface area contributed by atoms with Crippen molar-refractivity contribution >= 4 is 0 Å². The Kier molecular flexibility index (Phi) is 4.46. The maximum absolute atomic E-state index is 5.38. The van der Waals surface area contributed by atoms with Crippen LogP contribution in [0.3, 0.4) is 0 Å². The molecule has 0 spiro atoms. The first-order valence-electron chi connectivity index (χ1n) is 7.50. The van der Waals surface area contributed by atoms with Gasteiger partial charge in [-0.1, -0.05) is 18.2 Å². The van der Waals surface area contributed by atoms with Gasteiger partial charge >= 0.3 is 0 Å². The predicted octanol–water partition coefficient (Wildman–Crippen LogP) is 2.54. The molecule has 0 amide bonds. The first-order chi connectivity index (χ1) is 10.4. The zero-order valence-corrected chi connectivity index (χ0v) is 12.4. The maximum Gasteiger partial charge on any atom is 0.122 e. The van der Waals surface area contributed by atoms with Crippen molar-refractivity contribution in [2.75, 3.05) is 20.2 Å². The molecule has 1 aliphatic rings. The number of nitrogens with one attached hydrogen (secondary N) is 1. The van der Waals surface area contributed by atoms with Gasteiger partial charge in [-0.2, -0.15) is 0 Å². The van der Waals surface area contributed by atoms with Crippen LogP contribution in [0.25, 0.3) is 0 Å². The summed E-state index contributed by atoms with van der Waals surface area (Å²) in [5, 5.41) is 3.38. The lowest BCUT2D eigenvalue weighted by Crippen LogP contribution is -2.27. The third kappa shape index (κ3) is 3.39. The first kappa shape index (κ1) is 14.0. The fourth-order valence-electron chi connectivity index (χ4n) is 2.83. The summed E-state index contributed by atoms with van der Waals surface area (Å²) in [4.78, 5) is 9.21. The van der Waals surface area contributed by atoms with E-state index < -0.39 is 0 Å². The first-order valence-corrected chi connectivity index (χ1v) is 7.50. The molecule has 2 aromatic rings. The maximum atomic E-state index is 5.38. The minimum Gasteiger partial charge on any atom is -0.496 e. The van der Waals surface area contributed by atoms with E-state index in [0.29, 0.717) is 5.92 Å². The molecule has 0 radical (unpaired) electrons. The van der Waals surface area contributed by atoms with E-state index in [1.54, 1.807) is 7.11 Å². The van der Waals surface area contributed by atoms with Crippen LogP contribution in [0.15, 0.2) is 36.7 Å². The van der Waals surface area contributed by atoms with Crippen molar-refractivity contribution in [1.82, 2.24) is 15.3 Å². The topological polar surface area (TPSA) is 47.0 Å². The number of nitrogens with zero attached hydrogens (tertiary/aromatic N) is 2. The fourth-order valence-corrected chi connectivity index (χ4v) is 2.83. The molecule has 4 nitrogen and oxygen atoms in total. The Morgan fingerprint density at radius 2 is 1.95 bits per heavy atom. The molecule has 2 heterocycles. The van der Waals surface area contributed by atoms with Gasteiger partial charge in [-0.05, 0) is 32.0 Å². The van der Waals surface area contributed by atoms with Gasteiger partial charge in [-0.3, -0.25) is 9.97 Å². The molecule has 1 aliphatic heterocycles. The molecule has 1 aromatic heterocycles. The summed E-state index contributed by atoms with van der Waals surface area (Å²) in [6.45, 7) is 2.16. The average molecular weight is 283 g/mol. The molecule has 1 aromatic carbocycles. The van der Waals surface area contributed by atoms with Crippen LogP contribution in [0.1, 0.15) is 35.7 Å². The lowest BCUT2D eigenvalue weighted by Gasteiger charge is -2.21. The number of methoxy groups -OCH3 is 1. The Hall–Kier alpha value is -1.94. The van der Waals surface area contributed by atoms with Crippen molar-refractivity contribution < 1.29 is 4.74 Å². The second-order valence-electron chi connectivity index (χ2n) is 5.45. The van der Waals surface area contributed by atoms with Crippen molar-refractivity contribution in [2.45, 2.75) is 25.2 Å². The summed E-state index contributed by atoms with van der Waals surface area (Å²) >= 11 is 0. The number of hydrogen-bond acceptors (Lipinski definition) is 4. The molecule has 1 saturated heterocycles. The highest BCUT2D eigenvalue weighted by Gasteiger charge is 2.16. The molecular formula is C17H21N3O. The highest BCUT2D eigenvalue weighted by Crippen LogP contribution is 2.24. The van der Waals surface area contributed by atoms with Crippen LogP contribution >= 0.6 is 0 Å². The highest BCUT2D eigenvalue weighted by atomic mass is 16.5. The molecule has 4 heteroatoms. The Morgan fingerprint density at radius 1 is 1.14 bits per heavy atom. The number of benzene rings is 1. The van der Waals surface area contributed by atoms with E-state index in [-0.39, 0.29) is 0 Å². The molecule has 0 atom stereocenters. The molecule has 3 rings (SSSR count). The van der Waals surface area contributed by atoms with Gasteiger partial charge < -0.3 is 10.1 Å². The summed E-state index contributed by atoms with van der Waals surface area (Å²) in [6.07, 6.45) is 6.91. The molecule has 0 unspecified atom stereocenters. The fraction of sp³-hybridized carbons (Fsp3) is 0.412. The quantitative estimate of drug-likeness (QED) is 0.936. The van der Waals surface area contributed by atoms with Crippen LogP contribution in [0.2, 0.25) is 0 Å². The van der Waals surface area contributed by atoms with Crippen LogP contribution < -0.4 is 10.1 Å². The predicted molar refractivity (Wildman–Crippen MR) is 82.7 cm³/mol. The number of piperidine rings is 1. The molecule has 0 bridgehead atoms. The van der Waals surface area contributed by atoms with E-state index >= 15 is 0 Å². The lowest BCUT2D eigenvalue weighted by molar-refractivity contribution is 0.410. The number of para-hydroxylation sites is 1. The van der Waals surface area contributed by atoms with Crippen molar-refractivity contribution in [3.63, 3.8) is 0 Å². The summed E-state index contributed by atoms with van der Waals surface area (Å²) < 4.78 is 5.38. The standard InChI is InChI=1S/C17H21N3O/c1-21-17-5-3-2-4-14(17)10-15-11-20-16(12-19-15)13-6-8-18-9-7-13/h2-5,11-13,18H,6-10H2,1H3. The smallest absolute Gasteiger partial charge is 0.122 e. The summed E-state index contributed by atoms with van der Waals surface area (Å²) in [6, 6.07) is 8.05. The Labute approximate surface area is 125 Å². The van der Waals surface area contributed by atoms with E-state index in [1.807, 2.05) is 30.6 Å². The minimum absolute atomic E-state index is 0.555. The second kappa shape index (κ2) is 6.68. The molecule has 110 valence electrons. The van der Waals surface area contributed by atoms with Crippen molar-refractivity contribution in [3.05, 3.63) is 53.6 Å². The van der Waals surface area contributed by atoms with E-state index in [4.69, 9.17) is 4.74 Å². The number of hydrogen-bond donors (Lipinski definition) is 1. The second-order valence-corrected chi connectivity index (χ2v) is 5.45. The third-order valence-corrected chi connectivity index (χ3v) is 4.05. The van der Waals surface area contributed by atoms with Gasteiger partial charge in [0.25, 0.3) is 0 Å². The van der Waals surface area contributed by atoms with Gasteiger partial charge in [-0.25, -0.2) is 0 Å². The zero-order chi connectivity index (χ0) is 14.5. The minimum atomic E-state index is 0.555. The van der Waals surface area contributed by atoms with Crippen LogP contribution in [0, 0.1) is 0 Å². The van der Waals surface area contributed by atoms with Gasteiger partial charge in [0.1, 0.15) is 5.75 Å². The Balaban J connectivity index is 1.72. The van der Waals surface area contributed by atoms with Crippen molar-refractivity contribution in [3.8, 4) is 5.75 Å². The van der Waals surface area contributed by atoms with Gasteiger partial charge in [0, 0.05) is 30.3 Å². The van der Waals surface area contributed by atoms with Gasteiger partial charge in [0.15, 0.2) is 0 Å². The van der Waals surface area contributed by atoms with Gasteiger partial charge in [0.05, 0.1) is 18.5 Å². The number of ether oxygens (including phenoxy) is 1. The van der Waals surface area contributed by atoms with Crippen molar-refractivity contribution in [1.29, 1.82) is 0 Å². The summed E-state index contributed by atoms with van der Waals surface area (Å²) in [5.41, 5.74) is 3.25. The average Bonchev–Trinajstić information content (AvgIpc) is 2.57. The normalized spacial score (nSPS) is 15.9. The largest absolute Gasteiger partial charge is 0.496 e. The number of rotatable bonds is 4. The van der Waals surface area contributed by atoms with Crippen LogP contribution in [-0.2, 0) is 6.42 Å². The monoisotopic (exact) mass is 283 g/mol. The van der Waals surface area contributed by atoms with Crippen LogP contribution in [0.4, 0.5) is 0 Å². The Bertz CT molecular complexity index is 577. The molecule has 21 heavy (non-hydrogen) atoms. The molecular weight excluding hydrogens is 262 g/mol. The number of aromatic nitrogens is 2. The van der Waals surface area contributed by atoms with Gasteiger partial charge in [0.2, 0.25) is 0 Å².